The summed E-state index contributed by atoms with van der Waals surface area (Å²) < 4.78 is 22.9. The van der Waals surface area contributed by atoms with Gasteiger partial charge in [0.05, 0.1) is 11.7 Å². The van der Waals surface area contributed by atoms with Crippen LogP contribution in [0.4, 0.5) is 0 Å². The second-order valence-corrected chi connectivity index (χ2v) is 9.61. The van der Waals surface area contributed by atoms with E-state index in [0.29, 0.717) is 31.3 Å². The van der Waals surface area contributed by atoms with Crippen molar-refractivity contribution in [3.63, 3.8) is 0 Å². The van der Waals surface area contributed by atoms with E-state index in [1.54, 1.807) is 0 Å². The molecule has 0 amide bonds. The van der Waals surface area contributed by atoms with E-state index in [4.69, 9.17) is 18.9 Å². The topological polar surface area (TPSA) is 91.4 Å². The van der Waals surface area contributed by atoms with Crippen LogP contribution in [0.25, 0.3) is 0 Å². The maximum Gasteiger partial charge on any atom is 0.334 e. The highest BCUT2D eigenvalue weighted by atomic mass is 16.6. The minimum atomic E-state index is -0.718. The van der Waals surface area contributed by atoms with E-state index in [1.165, 1.54) is 13.8 Å². The van der Waals surface area contributed by atoms with Gasteiger partial charge in [-0.05, 0) is 57.9 Å². The van der Waals surface area contributed by atoms with E-state index in [-0.39, 0.29) is 29.5 Å². The zero-order valence-electron chi connectivity index (χ0n) is 19.1. The average molecular weight is 435 g/mol. The third kappa shape index (κ3) is 5.37. The van der Waals surface area contributed by atoms with Gasteiger partial charge in [-0.1, -0.05) is 19.6 Å². The molecule has 172 valence electrons. The number of ether oxygens (including phenoxy) is 4. The summed E-state index contributed by atoms with van der Waals surface area (Å²) >= 11 is 0. The fourth-order valence-corrected chi connectivity index (χ4v) is 4.88. The van der Waals surface area contributed by atoms with Crippen molar-refractivity contribution in [2.24, 2.45) is 11.8 Å². The summed E-state index contributed by atoms with van der Waals surface area (Å²) in [4.78, 5) is 35.9. The first-order valence-corrected chi connectivity index (χ1v) is 11.1. The highest BCUT2D eigenvalue weighted by Crippen LogP contribution is 2.47. The number of rotatable bonds is 2. The summed E-state index contributed by atoms with van der Waals surface area (Å²) in [5.74, 6) is -1.50. The normalized spacial score (nSPS) is 41.8. The molecule has 31 heavy (non-hydrogen) atoms. The lowest BCUT2D eigenvalue weighted by Gasteiger charge is -2.32. The minimum Gasteiger partial charge on any atom is -0.458 e. The van der Waals surface area contributed by atoms with E-state index in [2.05, 4.69) is 6.58 Å². The smallest absolute Gasteiger partial charge is 0.334 e. The predicted molar refractivity (Wildman–Crippen MR) is 113 cm³/mol. The maximum atomic E-state index is 12.3. The predicted octanol–water partition coefficient (Wildman–Crippen LogP) is 3.65. The molecule has 0 unspecified atom stereocenters. The van der Waals surface area contributed by atoms with E-state index in [0.717, 1.165) is 6.42 Å². The van der Waals surface area contributed by atoms with E-state index >= 15 is 0 Å². The molecule has 7 nitrogen and oxygen atoms in total. The van der Waals surface area contributed by atoms with Crippen LogP contribution in [0.5, 0.6) is 0 Å². The Balaban J connectivity index is 1.89. The van der Waals surface area contributed by atoms with Crippen molar-refractivity contribution in [3.8, 4) is 0 Å². The molecular formula is C24H34O7. The van der Waals surface area contributed by atoms with Crippen molar-refractivity contribution in [3.05, 3.63) is 24.3 Å². The fourth-order valence-electron chi connectivity index (χ4n) is 4.88. The molecule has 2 heterocycles. The SMILES string of the molecule is C=C1C(=O)O[C@H]2[C@H](OC(C)=O)[C@@H](C)CCC[C@@](C)(OC(C)=O)/C=C\C[C@@]3(C)O[C@@H]3C[C@@H]12. The van der Waals surface area contributed by atoms with Gasteiger partial charge in [0.2, 0.25) is 0 Å². The maximum absolute atomic E-state index is 12.3. The monoisotopic (exact) mass is 434 g/mol. The zero-order chi connectivity index (χ0) is 23.0. The van der Waals surface area contributed by atoms with Gasteiger partial charge in [-0.25, -0.2) is 4.79 Å². The Labute approximate surface area is 184 Å². The molecule has 0 bridgehead atoms. The molecule has 0 N–H and O–H groups in total. The molecular weight excluding hydrogens is 400 g/mol. The molecule has 3 aliphatic rings. The van der Waals surface area contributed by atoms with Gasteiger partial charge < -0.3 is 18.9 Å². The van der Waals surface area contributed by atoms with Crippen LogP contribution in [0.15, 0.2) is 24.3 Å². The molecule has 3 rings (SSSR count). The van der Waals surface area contributed by atoms with Crippen LogP contribution in [0.1, 0.15) is 66.7 Å². The van der Waals surface area contributed by atoms with Crippen LogP contribution >= 0.6 is 0 Å². The number of carbonyl (C=O) groups is 3. The van der Waals surface area contributed by atoms with E-state index in [1.807, 2.05) is 32.9 Å². The van der Waals surface area contributed by atoms with Gasteiger partial charge >= 0.3 is 17.9 Å². The van der Waals surface area contributed by atoms with Crippen LogP contribution in [-0.4, -0.2) is 47.4 Å². The molecule has 0 aromatic heterocycles. The van der Waals surface area contributed by atoms with Crippen LogP contribution in [-0.2, 0) is 33.3 Å². The molecule has 1 aliphatic carbocycles. The summed E-state index contributed by atoms with van der Waals surface area (Å²) in [5.41, 5.74) is -0.668. The third-order valence-corrected chi connectivity index (χ3v) is 6.74. The van der Waals surface area contributed by atoms with Crippen LogP contribution in [0.2, 0.25) is 0 Å². The second-order valence-electron chi connectivity index (χ2n) is 9.61. The number of carbonyl (C=O) groups excluding carboxylic acids is 3. The Kier molecular flexibility index (Phi) is 6.65. The number of hydrogen-bond acceptors (Lipinski definition) is 7. The van der Waals surface area contributed by atoms with Gasteiger partial charge in [-0.15, -0.1) is 0 Å². The van der Waals surface area contributed by atoms with Crippen molar-refractivity contribution in [1.29, 1.82) is 0 Å². The Morgan fingerprint density at radius 3 is 2.58 bits per heavy atom. The minimum absolute atomic E-state index is 0.0601. The summed E-state index contributed by atoms with van der Waals surface area (Å²) in [5, 5.41) is 0. The number of hydrogen-bond donors (Lipinski definition) is 0. The van der Waals surface area contributed by atoms with Gasteiger partial charge in [0.25, 0.3) is 0 Å². The Morgan fingerprint density at radius 2 is 1.94 bits per heavy atom. The largest absolute Gasteiger partial charge is 0.458 e. The lowest BCUT2D eigenvalue weighted by Crippen LogP contribution is -2.41. The van der Waals surface area contributed by atoms with E-state index in [9.17, 15) is 14.4 Å². The average Bonchev–Trinajstić information content (AvgIpc) is 3.20. The first-order chi connectivity index (χ1) is 14.4. The van der Waals surface area contributed by atoms with Gasteiger partial charge in [0.1, 0.15) is 17.8 Å². The summed E-state index contributed by atoms with van der Waals surface area (Å²) in [6, 6.07) is 0. The summed E-state index contributed by atoms with van der Waals surface area (Å²) in [6.45, 7) is 12.6. The van der Waals surface area contributed by atoms with Crippen molar-refractivity contribution in [1.82, 2.24) is 0 Å². The first kappa shape index (κ1) is 23.5. The highest BCUT2D eigenvalue weighted by Gasteiger charge is 2.56. The number of esters is 3. The van der Waals surface area contributed by atoms with Crippen LogP contribution < -0.4 is 0 Å². The summed E-state index contributed by atoms with van der Waals surface area (Å²) in [7, 11) is 0. The third-order valence-electron chi connectivity index (χ3n) is 6.74. The van der Waals surface area contributed by atoms with E-state index < -0.39 is 29.7 Å². The molecule has 2 fully saturated rings. The Bertz CT molecular complexity index is 787. The summed E-state index contributed by atoms with van der Waals surface area (Å²) in [6.07, 6.45) is 6.07. The zero-order valence-corrected chi connectivity index (χ0v) is 19.1. The molecule has 0 aromatic rings. The standard InChI is InChI=1S/C24H34O7/c1-14-9-7-10-23(5,30-17(4)26)11-8-12-24(6)19(31-24)13-18-15(2)22(27)29-21(18)20(14)28-16(3)25/h8,11,14,18-21H,2,7,9-10,12-13H2,1,3-6H3/b11-8-/t14-,18-,19+,20+,21+,23+,24+/m0/s1. The van der Waals surface area contributed by atoms with Crippen LogP contribution in [0.3, 0.4) is 0 Å². The first-order valence-electron chi connectivity index (χ1n) is 11.1. The molecule has 7 atom stereocenters. The quantitative estimate of drug-likeness (QED) is 0.215. The fraction of sp³-hybridized carbons (Fsp3) is 0.708. The van der Waals surface area contributed by atoms with Crippen molar-refractivity contribution < 1.29 is 33.3 Å². The number of fused-ring (bicyclic) bond motifs is 2. The van der Waals surface area contributed by atoms with Gasteiger partial charge in [0.15, 0.2) is 0 Å². The Morgan fingerprint density at radius 1 is 1.23 bits per heavy atom. The second kappa shape index (κ2) is 8.77. The molecule has 0 spiro atoms. The lowest BCUT2D eigenvalue weighted by atomic mass is 9.81. The van der Waals surface area contributed by atoms with Gasteiger partial charge in [-0.3, -0.25) is 9.59 Å². The van der Waals surface area contributed by atoms with Crippen molar-refractivity contribution in [2.75, 3.05) is 0 Å². The molecule has 0 radical (unpaired) electrons. The molecule has 7 heteroatoms. The number of epoxide rings is 1. The molecule has 2 aliphatic heterocycles. The Hall–Kier alpha value is -2.15. The highest BCUT2D eigenvalue weighted by molar-refractivity contribution is 5.91. The van der Waals surface area contributed by atoms with Gasteiger partial charge in [0, 0.05) is 25.3 Å². The lowest BCUT2D eigenvalue weighted by molar-refractivity contribution is -0.165. The molecule has 0 aromatic carbocycles. The van der Waals surface area contributed by atoms with Crippen molar-refractivity contribution >= 4 is 17.9 Å². The van der Waals surface area contributed by atoms with Crippen molar-refractivity contribution in [2.45, 2.75) is 96.2 Å². The van der Waals surface area contributed by atoms with Gasteiger partial charge in [-0.2, -0.15) is 0 Å². The molecule has 0 saturated carbocycles. The molecule has 2 saturated heterocycles. The van der Waals surface area contributed by atoms with Crippen LogP contribution in [0, 0.1) is 11.8 Å².